The second-order valence-corrected chi connectivity index (χ2v) is 5.03. The van der Waals surface area contributed by atoms with Gasteiger partial charge in [0.2, 0.25) is 5.91 Å². The summed E-state index contributed by atoms with van der Waals surface area (Å²) in [5.41, 5.74) is 0.205. The molecule has 5 nitrogen and oxygen atoms in total. The number of alkyl halides is 2. The second-order valence-electron chi connectivity index (χ2n) is 5.03. The number of ether oxygens (including phenoxy) is 1. The molecule has 1 atom stereocenters. The van der Waals surface area contributed by atoms with Crippen molar-refractivity contribution in [1.82, 2.24) is 4.90 Å². The van der Waals surface area contributed by atoms with Gasteiger partial charge in [-0.15, -0.1) is 0 Å². The van der Waals surface area contributed by atoms with Crippen LogP contribution in [-0.4, -0.2) is 30.5 Å². The molecule has 0 aliphatic heterocycles. The largest absolute Gasteiger partial charge is 0.468 e. The third-order valence-electron chi connectivity index (χ3n) is 3.39. The van der Waals surface area contributed by atoms with E-state index in [-0.39, 0.29) is 17.3 Å². The van der Waals surface area contributed by atoms with Crippen LogP contribution in [0.4, 0.5) is 14.5 Å². The molecule has 0 bridgehead atoms. The fourth-order valence-corrected chi connectivity index (χ4v) is 1.99. The van der Waals surface area contributed by atoms with Crippen LogP contribution in [0.25, 0.3) is 0 Å². The Balaban J connectivity index is 2.00. The zero-order valence-electron chi connectivity index (χ0n) is 12.8. The minimum Gasteiger partial charge on any atom is -0.468 e. The van der Waals surface area contributed by atoms with Crippen LogP contribution in [0, 0.1) is 0 Å². The van der Waals surface area contributed by atoms with Gasteiger partial charge in [0.15, 0.2) is 0 Å². The van der Waals surface area contributed by atoms with Crippen LogP contribution in [0.15, 0.2) is 47.1 Å². The number of nitrogens with zero attached hydrogens (tertiary/aromatic N) is 1. The van der Waals surface area contributed by atoms with Crippen molar-refractivity contribution in [2.75, 3.05) is 12.4 Å². The van der Waals surface area contributed by atoms with Gasteiger partial charge in [-0.3, -0.25) is 9.69 Å². The smallest absolute Gasteiger partial charge is 0.387 e. The number of carbonyl (C=O) groups is 1. The third-order valence-corrected chi connectivity index (χ3v) is 3.39. The molecule has 2 aromatic rings. The van der Waals surface area contributed by atoms with Gasteiger partial charge in [0.1, 0.15) is 11.5 Å². The fraction of sp³-hybridized carbons (Fsp3) is 0.312. The van der Waals surface area contributed by atoms with E-state index in [1.165, 1.54) is 12.1 Å². The van der Waals surface area contributed by atoms with E-state index in [0.717, 1.165) is 5.76 Å². The number of halogens is 2. The van der Waals surface area contributed by atoms with Crippen molar-refractivity contribution >= 4 is 11.6 Å². The van der Waals surface area contributed by atoms with Crippen molar-refractivity contribution in [3.63, 3.8) is 0 Å². The van der Waals surface area contributed by atoms with Crippen molar-refractivity contribution < 1.29 is 22.7 Å². The van der Waals surface area contributed by atoms with Crippen molar-refractivity contribution in [3.05, 3.63) is 48.4 Å². The molecule has 23 heavy (non-hydrogen) atoms. The quantitative estimate of drug-likeness (QED) is 0.849. The summed E-state index contributed by atoms with van der Waals surface area (Å²) >= 11 is 0. The molecule has 1 N–H and O–H groups in total. The fourth-order valence-electron chi connectivity index (χ4n) is 1.99. The molecule has 1 aromatic carbocycles. The van der Waals surface area contributed by atoms with E-state index in [1.54, 1.807) is 43.3 Å². The molecule has 1 heterocycles. The van der Waals surface area contributed by atoms with E-state index >= 15 is 0 Å². The summed E-state index contributed by atoms with van der Waals surface area (Å²) in [6.45, 7) is -0.780. The molecule has 124 valence electrons. The maximum atomic E-state index is 12.4. The number of benzene rings is 1. The zero-order chi connectivity index (χ0) is 16.8. The van der Waals surface area contributed by atoms with Crippen LogP contribution in [-0.2, 0) is 11.3 Å². The summed E-state index contributed by atoms with van der Waals surface area (Å²) in [6.07, 6.45) is 1.56. The first-order valence-corrected chi connectivity index (χ1v) is 7.04. The predicted octanol–water partition coefficient (Wildman–Crippen LogP) is 3.34. The number of para-hydroxylation sites is 2. The summed E-state index contributed by atoms with van der Waals surface area (Å²) in [7, 11) is 1.77. The Kier molecular flexibility index (Phi) is 5.70. The highest BCUT2D eigenvalue weighted by atomic mass is 19.3. The Morgan fingerprint density at radius 3 is 2.70 bits per heavy atom. The Labute approximate surface area is 132 Å². The maximum Gasteiger partial charge on any atom is 0.387 e. The van der Waals surface area contributed by atoms with Crippen molar-refractivity contribution in [2.45, 2.75) is 26.1 Å². The average molecular weight is 324 g/mol. The third kappa shape index (κ3) is 4.79. The van der Waals surface area contributed by atoms with Crippen molar-refractivity contribution in [2.24, 2.45) is 0 Å². The van der Waals surface area contributed by atoms with Crippen LogP contribution in [0.3, 0.4) is 0 Å². The first kappa shape index (κ1) is 17.0. The van der Waals surface area contributed by atoms with Gasteiger partial charge < -0.3 is 14.5 Å². The van der Waals surface area contributed by atoms with Crippen LogP contribution in [0.1, 0.15) is 12.7 Å². The Morgan fingerprint density at radius 1 is 1.30 bits per heavy atom. The van der Waals surface area contributed by atoms with Gasteiger partial charge in [-0.25, -0.2) is 0 Å². The van der Waals surface area contributed by atoms with E-state index < -0.39 is 12.7 Å². The Bertz CT molecular complexity index is 632. The molecule has 0 fully saturated rings. The first-order chi connectivity index (χ1) is 11.0. The SMILES string of the molecule is CC(C(=O)Nc1ccccc1OC(F)F)N(C)Cc1ccco1. The molecule has 0 radical (unpaired) electrons. The number of amides is 1. The monoisotopic (exact) mass is 324 g/mol. The summed E-state index contributed by atoms with van der Waals surface area (Å²) in [5, 5.41) is 2.61. The van der Waals surface area contributed by atoms with E-state index in [2.05, 4.69) is 10.1 Å². The van der Waals surface area contributed by atoms with E-state index in [0.29, 0.717) is 6.54 Å². The first-order valence-electron chi connectivity index (χ1n) is 7.04. The summed E-state index contributed by atoms with van der Waals surface area (Å²) in [6, 6.07) is 9.16. The average Bonchev–Trinajstić information content (AvgIpc) is 3.00. The van der Waals surface area contributed by atoms with Gasteiger partial charge in [-0.2, -0.15) is 8.78 Å². The molecular formula is C16H18F2N2O3. The van der Waals surface area contributed by atoms with Crippen molar-refractivity contribution in [3.8, 4) is 5.75 Å². The number of hydrogen-bond acceptors (Lipinski definition) is 4. The van der Waals surface area contributed by atoms with Crippen LogP contribution < -0.4 is 10.1 Å². The number of nitrogens with one attached hydrogen (secondary N) is 1. The van der Waals surface area contributed by atoms with E-state index in [4.69, 9.17) is 4.42 Å². The van der Waals surface area contributed by atoms with Gasteiger partial charge in [0, 0.05) is 0 Å². The van der Waals surface area contributed by atoms with Gasteiger partial charge >= 0.3 is 6.61 Å². The lowest BCUT2D eigenvalue weighted by Gasteiger charge is -2.23. The van der Waals surface area contributed by atoms with E-state index in [9.17, 15) is 13.6 Å². The number of carbonyl (C=O) groups excluding carboxylic acids is 1. The number of furan rings is 1. The van der Waals surface area contributed by atoms with Crippen LogP contribution in [0.5, 0.6) is 5.75 Å². The molecular weight excluding hydrogens is 306 g/mol. The summed E-state index contributed by atoms with van der Waals surface area (Å²) in [5.74, 6) is 0.328. The minimum absolute atomic E-state index is 0.0725. The lowest BCUT2D eigenvalue weighted by molar-refractivity contribution is -0.120. The van der Waals surface area contributed by atoms with Gasteiger partial charge in [0.25, 0.3) is 0 Å². The molecule has 2 rings (SSSR count). The van der Waals surface area contributed by atoms with Gasteiger partial charge in [-0.1, -0.05) is 12.1 Å². The normalized spacial score (nSPS) is 12.4. The maximum absolute atomic E-state index is 12.4. The second kappa shape index (κ2) is 7.73. The molecule has 0 saturated carbocycles. The highest BCUT2D eigenvalue weighted by molar-refractivity contribution is 5.95. The standard InChI is InChI=1S/C16H18F2N2O3/c1-11(20(2)10-12-6-5-9-22-12)15(21)19-13-7-3-4-8-14(13)23-16(17)18/h3-9,11,16H,10H2,1-2H3,(H,19,21). The lowest BCUT2D eigenvalue weighted by atomic mass is 10.2. The van der Waals surface area contributed by atoms with Crippen LogP contribution in [0.2, 0.25) is 0 Å². The topological polar surface area (TPSA) is 54.7 Å². The zero-order valence-corrected chi connectivity index (χ0v) is 12.8. The molecule has 0 aliphatic carbocycles. The highest BCUT2D eigenvalue weighted by Gasteiger charge is 2.20. The molecule has 0 saturated heterocycles. The predicted molar refractivity (Wildman–Crippen MR) is 81.3 cm³/mol. The summed E-state index contributed by atoms with van der Waals surface area (Å²) < 4.78 is 34.4. The molecule has 7 heteroatoms. The van der Waals surface area contributed by atoms with Crippen molar-refractivity contribution in [1.29, 1.82) is 0 Å². The number of hydrogen-bond donors (Lipinski definition) is 1. The highest BCUT2D eigenvalue weighted by Crippen LogP contribution is 2.25. The Hall–Kier alpha value is -2.41. The molecule has 1 amide bonds. The Morgan fingerprint density at radius 2 is 2.04 bits per heavy atom. The molecule has 0 spiro atoms. The van der Waals surface area contributed by atoms with Crippen LogP contribution >= 0.6 is 0 Å². The molecule has 1 aromatic heterocycles. The lowest BCUT2D eigenvalue weighted by Crippen LogP contribution is -2.39. The number of anilines is 1. The molecule has 1 unspecified atom stereocenters. The molecule has 0 aliphatic rings. The number of likely N-dealkylation sites (N-methyl/N-ethyl adjacent to an activating group) is 1. The van der Waals surface area contributed by atoms with Gasteiger partial charge in [0.05, 0.1) is 24.5 Å². The van der Waals surface area contributed by atoms with Gasteiger partial charge in [-0.05, 0) is 38.2 Å². The summed E-state index contributed by atoms with van der Waals surface area (Å²) in [4.78, 5) is 14.1. The van der Waals surface area contributed by atoms with E-state index in [1.807, 2.05) is 6.07 Å². The minimum atomic E-state index is -2.95. The number of rotatable bonds is 7.